The maximum atomic E-state index is 11.8. The minimum atomic E-state index is -6.55. The monoisotopic (exact) mass is 236 g/mol. The van der Waals surface area contributed by atoms with Gasteiger partial charge in [0.05, 0.1) is 0 Å². The van der Waals surface area contributed by atoms with Crippen molar-refractivity contribution in [3.05, 3.63) is 0 Å². The van der Waals surface area contributed by atoms with Gasteiger partial charge in [0.15, 0.2) is 0 Å². The molecule has 0 fully saturated rings. The number of rotatable bonds is 2. The molecule has 13 heavy (non-hydrogen) atoms. The van der Waals surface area contributed by atoms with E-state index in [1.54, 1.807) is 0 Å². The molecule has 0 nitrogen and oxygen atoms in total. The summed E-state index contributed by atoms with van der Waals surface area (Å²) in [5.41, 5.74) is -4.11. The first kappa shape index (κ1) is 12.7. The van der Waals surface area contributed by atoms with Crippen molar-refractivity contribution in [3.63, 3.8) is 0 Å². The Labute approximate surface area is 71.5 Å². The van der Waals surface area contributed by atoms with Gasteiger partial charge >= 0.3 is 18.0 Å². The van der Waals surface area contributed by atoms with E-state index in [0.717, 1.165) is 0 Å². The molecule has 0 spiro atoms. The van der Waals surface area contributed by atoms with E-state index in [1.165, 1.54) is 0 Å². The largest absolute Gasteiger partial charge is 0.460 e. The third-order valence-corrected chi connectivity index (χ3v) is 1.32. The summed E-state index contributed by atoms with van der Waals surface area (Å²) in [7, 11) is 0. The van der Waals surface area contributed by atoms with Crippen molar-refractivity contribution >= 4 is 11.6 Å². The molecule has 0 N–H and O–H groups in total. The molecule has 0 bridgehead atoms. The highest BCUT2D eigenvalue weighted by Gasteiger charge is 2.75. The minimum Gasteiger partial charge on any atom is -0.223 e. The van der Waals surface area contributed by atoms with Crippen LogP contribution in [0.1, 0.15) is 0 Å². The lowest BCUT2D eigenvalue weighted by atomic mass is 10.2. The van der Waals surface area contributed by atoms with Gasteiger partial charge in [-0.2, -0.15) is 30.7 Å². The van der Waals surface area contributed by atoms with Crippen LogP contribution in [0.15, 0.2) is 0 Å². The standard InChI is InChI=1S/C4HClF8/c5-1(6)2(7,8)3(9,10)4(11,12)13/h1H. The van der Waals surface area contributed by atoms with Crippen molar-refractivity contribution in [3.8, 4) is 0 Å². The molecule has 0 amide bonds. The highest BCUT2D eigenvalue weighted by atomic mass is 35.5. The molecule has 0 aliphatic carbocycles. The zero-order chi connectivity index (χ0) is 11.1. The summed E-state index contributed by atoms with van der Waals surface area (Å²) in [6, 6.07) is 0. The molecule has 0 rings (SSSR count). The van der Waals surface area contributed by atoms with Crippen LogP contribution in [0.4, 0.5) is 35.1 Å². The van der Waals surface area contributed by atoms with E-state index in [4.69, 9.17) is 0 Å². The SMILES string of the molecule is FC(Cl)C(F)(F)C(F)(F)C(F)(F)F. The number of alkyl halides is 9. The van der Waals surface area contributed by atoms with E-state index in [-0.39, 0.29) is 0 Å². The van der Waals surface area contributed by atoms with E-state index in [2.05, 4.69) is 11.6 Å². The predicted octanol–water partition coefficient (Wildman–Crippen LogP) is 3.35. The first-order valence-electron chi connectivity index (χ1n) is 2.55. The molecule has 0 aliphatic heterocycles. The fraction of sp³-hybridized carbons (Fsp3) is 1.00. The van der Waals surface area contributed by atoms with Crippen molar-refractivity contribution < 1.29 is 35.1 Å². The van der Waals surface area contributed by atoms with Crippen molar-refractivity contribution in [1.82, 2.24) is 0 Å². The molecule has 0 aromatic heterocycles. The smallest absolute Gasteiger partial charge is 0.223 e. The van der Waals surface area contributed by atoms with Crippen LogP contribution < -0.4 is 0 Å². The van der Waals surface area contributed by atoms with Crippen LogP contribution in [0.2, 0.25) is 0 Å². The Morgan fingerprint density at radius 3 is 1.23 bits per heavy atom. The molecule has 80 valence electrons. The summed E-state index contributed by atoms with van der Waals surface area (Å²) in [5.74, 6) is -12.5. The summed E-state index contributed by atoms with van der Waals surface area (Å²) < 4.78 is 92.4. The van der Waals surface area contributed by atoms with E-state index in [1.807, 2.05) is 0 Å². The zero-order valence-electron chi connectivity index (χ0n) is 5.48. The van der Waals surface area contributed by atoms with Crippen LogP contribution in [-0.4, -0.2) is 23.7 Å². The minimum absolute atomic E-state index is 3.86. The number of hydrogen-bond donors (Lipinski definition) is 0. The van der Waals surface area contributed by atoms with Gasteiger partial charge in [-0.1, -0.05) is 11.6 Å². The average Bonchev–Trinajstić information content (AvgIpc) is 1.84. The van der Waals surface area contributed by atoms with E-state index in [9.17, 15) is 35.1 Å². The van der Waals surface area contributed by atoms with Gasteiger partial charge in [-0.05, 0) is 0 Å². The Morgan fingerprint density at radius 2 is 1.15 bits per heavy atom. The Kier molecular flexibility index (Phi) is 3.08. The topological polar surface area (TPSA) is 0 Å². The third kappa shape index (κ3) is 1.97. The molecule has 0 aliphatic rings. The summed E-state index contributed by atoms with van der Waals surface area (Å²) in [6.07, 6.45) is -6.55. The van der Waals surface area contributed by atoms with Gasteiger partial charge in [-0.25, -0.2) is 4.39 Å². The fourth-order valence-corrected chi connectivity index (χ4v) is 0.463. The fourth-order valence-electron chi connectivity index (χ4n) is 0.326. The predicted molar refractivity (Wildman–Crippen MR) is 26.7 cm³/mol. The first-order chi connectivity index (χ1) is 5.44. The van der Waals surface area contributed by atoms with E-state index in [0.29, 0.717) is 0 Å². The van der Waals surface area contributed by atoms with Gasteiger partial charge in [0.25, 0.3) is 0 Å². The molecule has 0 heterocycles. The molecular formula is C4HClF8. The van der Waals surface area contributed by atoms with E-state index < -0.39 is 23.7 Å². The molecule has 0 saturated heterocycles. The maximum Gasteiger partial charge on any atom is 0.460 e. The second-order valence-corrected chi connectivity index (χ2v) is 2.38. The molecule has 0 saturated carbocycles. The van der Waals surface area contributed by atoms with Gasteiger partial charge in [0.1, 0.15) is 0 Å². The van der Waals surface area contributed by atoms with E-state index >= 15 is 0 Å². The average molecular weight is 236 g/mol. The highest BCUT2D eigenvalue weighted by Crippen LogP contribution is 2.49. The summed E-state index contributed by atoms with van der Waals surface area (Å²) in [4.78, 5) is 0. The van der Waals surface area contributed by atoms with Crippen molar-refractivity contribution in [2.24, 2.45) is 0 Å². The van der Waals surface area contributed by atoms with Crippen molar-refractivity contribution in [2.45, 2.75) is 23.7 Å². The molecule has 9 heteroatoms. The van der Waals surface area contributed by atoms with Gasteiger partial charge in [-0.15, -0.1) is 0 Å². The van der Waals surface area contributed by atoms with Crippen molar-refractivity contribution in [2.75, 3.05) is 0 Å². The molecule has 1 unspecified atom stereocenters. The second-order valence-electron chi connectivity index (χ2n) is 2.00. The Hall–Kier alpha value is -0.270. The second kappa shape index (κ2) is 3.14. The lowest BCUT2D eigenvalue weighted by Crippen LogP contribution is -2.55. The Bertz CT molecular complexity index is 181. The van der Waals surface area contributed by atoms with Gasteiger partial charge in [-0.3, -0.25) is 0 Å². The number of hydrogen-bond acceptors (Lipinski definition) is 0. The molecule has 0 aromatic carbocycles. The van der Waals surface area contributed by atoms with Crippen LogP contribution >= 0.6 is 11.6 Å². The zero-order valence-corrected chi connectivity index (χ0v) is 6.23. The van der Waals surface area contributed by atoms with Crippen LogP contribution in [-0.2, 0) is 0 Å². The Morgan fingerprint density at radius 1 is 0.846 bits per heavy atom. The Balaban J connectivity index is 5.04. The molecule has 0 radical (unpaired) electrons. The van der Waals surface area contributed by atoms with Crippen molar-refractivity contribution in [1.29, 1.82) is 0 Å². The lowest BCUT2D eigenvalue weighted by molar-refractivity contribution is -0.359. The quantitative estimate of drug-likeness (QED) is 0.509. The molecule has 1 atom stereocenters. The molecular weight excluding hydrogens is 235 g/mol. The maximum absolute atomic E-state index is 11.8. The van der Waals surface area contributed by atoms with Gasteiger partial charge in [0.2, 0.25) is 5.63 Å². The summed E-state index contributed by atoms with van der Waals surface area (Å²) >= 11 is 3.86. The van der Waals surface area contributed by atoms with Crippen LogP contribution in [0.5, 0.6) is 0 Å². The van der Waals surface area contributed by atoms with Crippen LogP contribution in [0, 0.1) is 0 Å². The highest BCUT2D eigenvalue weighted by molar-refractivity contribution is 6.20. The van der Waals surface area contributed by atoms with Crippen LogP contribution in [0.25, 0.3) is 0 Å². The molecule has 0 aromatic rings. The lowest BCUT2D eigenvalue weighted by Gasteiger charge is -2.27. The summed E-state index contributed by atoms with van der Waals surface area (Å²) in [6.45, 7) is 0. The first-order valence-corrected chi connectivity index (χ1v) is 2.98. The van der Waals surface area contributed by atoms with Gasteiger partial charge in [0, 0.05) is 0 Å². The normalized spacial score (nSPS) is 17.3. The van der Waals surface area contributed by atoms with Crippen LogP contribution in [0.3, 0.4) is 0 Å². The summed E-state index contributed by atoms with van der Waals surface area (Å²) in [5, 5.41) is 0. The van der Waals surface area contributed by atoms with Gasteiger partial charge < -0.3 is 0 Å². The third-order valence-electron chi connectivity index (χ3n) is 1.05. The number of halogens is 9.